The van der Waals surface area contributed by atoms with E-state index < -0.39 is 0 Å². The third-order valence-corrected chi connectivity index (χ3v) is 11.6. The highest BCUT2D eigenvalue weighted by molar-refractivity contribution is 5.83. The Labute approximate surface area is 183 Å². The summed E-state index contributed by atoms with van der Waals surface area (Å²) >= 11 is 0. The zero-order valence-corrected chi connectivity index (χ0v) is 19.6. The minimum Gasteiger partial charge on any atom is -0.349 e. The van der Waals surface area contributed by atoms with Crippen LogP contribution in [0.3, 0.4) is 0 Å². The monoisotopic (exact) mass is 414 g/mol. The van der Waals surface area contributed by atoms with Crippen LogP contribution in [0.25, 0.3) is 0 Å². The first kappa shape index (κ1) is 20.2. The Balaban J connectivity index is 1.29. The molecule has 2 aliphatic heterocycles. The lowest BCUT2D eigenvalue weighted by atomic mass is 9.44. The van der Waals surface area contributed by atoms with Crippen LogP contribution in [0.4, 0.5) is 0 Å². The molecule has 0 aromatic rings. The van der Waals surface area contributed by atoms with Gasteiger partial charge in [-0.3, -0.25) is 4.79 Å². The molecule has 6 fully saturated rings. The van der Waals surface area contributed by atoms with E-state index in [-0.39, 0.29) is 11.2 Å². The van der Waals surface area contributed by atoms with Crippen molar-refractivity contribution in [1.82, 2.24) is 0 Å². The molecule has 3 nitrogen and oxygen atoms in total. The number of fused-ring (bicyclic) bond motifs is 7. The summed E-state index contributed by atoms with van der Waals surface area (Å²) in [6.45, 7) is 10.6. The summed E-state index contributed by atoms with van der Waals surface area (Å²) in [6.07, 6.45) is 12.3. The SMILES string of the molecule is C[C@@H]1CC[C@@]2(OC1)O[C@H]1C[C@H]3[C@@H]4CC(=O)C5CCCC[C@]5(C)[C@H]4CC[C@]3(C)[C@H]1[C@@H]2C. The van der Waals surface area contributed by atoms with Crippen molar-refractivity contribution in [2.24, 2.45) is 52.3 Å². The van der Waals surface area contributed by atoms with E-state index >= 15 is 0 Å². The normalized spacial score (nSPS) is 60.1. The summed E-state index contributed by atoms with van der Waals surface area (Å²) < 4.78 is 13.3. The van der Waals surface area contributed by atoms with Crippen molar-refractivity contribution in [2.75, 3.05) is 6.61 Å². The van der Waals surface area contributed by atoms with Crippen LogP contribution in [0.1, 0.15) is 91.9 Å². The number of ether oxygens (including phenoxy) is 2. The van der Waals surface area contributed by atoms with Crippen molar-refractivity contribution in [3.8, 4) is 0 Å². The van der Waals surface area contributed by atoms with Gasteiger partial charge in [0, 0.05) is 24.7 Å². The summed E-state index contributed by atoms with van der Waals surface area (Å²) in [6, 6.07) is 0. The number of rotatable bonds is 0. The van der Waals surface area contributed by atoms with Gasteiger partial charge in [-0.1, -0.05) is 40.5 Å². The van der Waals surface area contributed by atoms with Crippen molar-refractivity contribution in [3.05, 3.63) is 0 Å². The highest BCUT2D eigenvalue weighted by Gasteiger charge is 2.69. The highest BCUT2D eigenvalue weighted by atomic mass is 16.7. The molecule has 2 saturated heterocycles. The number of hydrogen-bond acceptors (Lipinski definition) is 3. The van der Waals surface area contributed by atoms with Crippen LogP contribution in [-0.4, -0.2) is 24.3 Å². The van der Waals surface area contributed by atoms with Gasteiger partial charge < -0.3 is 9.47 Å². The molecule has 0 aromatic heterocycles. The molecule has 0 N–H and O–H groups in total. The Morgan fingerprint density at radius 1 is 0.933 bits per heavy atom. The van der Waals surface area contributed by atoms with Crippen LogP contribution in [-0.2, 0) is 14.3 Å². The summed E-state index contributed by atoms with van der Waals surface area (Å²) in [7, 11) is 0. The van der Waals surface area contributed by atoms with Crippen LogP contribution in [0.5, 0.6) is 0 Å². The van der Waals surface area contributed by atoms with E-state index in [0.29, 0.717) is 52.8 Å². The van der Waals surface area contributed by atoms with Crippen LogP contribution in [0.15, 0.2) is 0 Å². The highest BCUT2D eigenvalue weighted by Crippen LogP contribution is 2.70. The maximum absolute atomic E-state index is 13.3. The molecule has 4 aliphatic carbocycles. The molecule has 6 rings (SSSR count). The molecule has 168 valence electrons. The predicted molar refractivity (Wildman–Crippen MR) is 117 cm³/mol. The fraction of sp³-hybridized carbons (Fsp3) is 0.963. The summed E-state index contributed by atoms with van der Waals surface area (Å²) in [5.41, 5.74) is 0.590. The van der Waals surface area contributed by atoms with E-state index in [2.05, 4.69) is 27.7 Å². The lowest BCUT2D eigenvalue weighted by Crippen LogP contribution is -2.56. The maximum atomic E-state index is 13.3. The lowest BCUT2D eigenvalue weighted by Gasteiger charge is -2.60. The topological polar surface area (TPSA) is 35.5 Å². The summed E-state index contributed by atoms with van der Waals surface area (Å²) in [5, 5.41) is 0. The molecule has 0 radical (unpaired) electrons. The van der Waals surface area contributed by atoms with Crippen LogP contribution < -0.4 is 0 Å². The number of Topliss-reactive ketones (excluding diaryl/α,β-unsaturated/α-hetero) is 1. The average molecular weight is 415 g/mol. The second-order valence-corrected chi connectivity index (χ2v) is 12.9. The Hall–Kier alpha value is -0.410. The van der Waals surface area contributed by atoms with Crippen molar-refractivity contribution >= 4 is 5.78 Å². The van der Waals surface area contributed by atoms with Crippen LogP contribution in [0, 0.1) is 52.3 Å². The van der Waals surface area contributed by atoms with E-state index in [4.69, 9.17) is 9.47 Å². The Morgan fingerprint density at radius 3 is 2.53 bits per heavy atom. The van der Waals surface area contributed by atoms with Gasteiger partial charge in [0.05, 0.1) is 12.7 Å². The molecule has 6 aliphatic rings. The van der Waals surface area contributed by atoms with Gasteiger partial charge in [-0.05, 0) is 78.9 Å². The molecule has 30 heavy (non-hydrogen) atoms. The van der Waals surface area contributed by atoms with Gasteiger partial charge in [-0.15, -0.1) is 0 Å². The molecular weight excluding hydrogens is 372 g/mol. The molecular formula is C27H42O3. The second-order valence-electron chi connectivity index (χ2n) is 12.9. The van der Waals surface area contributed by atoms with Gasteiger partial charge in [-0.25, -0.2) is 0 Å². The van der Waals surface area contributed by atoms with Crippen LogP contribution >= 0.6 is 0 Å². The first-order valence-corrected chi connectivity index (χ1v) is 13.1. The zero-order chi connectivity index (χ0) is 20.9. The van der Waals surface area contributed by atoms with E-state index in [1.54, 1.807) is 0 Å². The zero-order valence-electron chi connectivity index (χ0n) is 19.6. The van der Waals surface area contributed by atoms with Crippen molar-refractivity contribution in [3.63, 3.8) is 0 Å². The third-order valence-electron chi connectivity index (χ3n) is 11.6. The van der Waals surface area contributed by atoms with E-state index in [1.165, 1.54) is 44.9 Å². The first-order chi connectivity index (χ1) is 14.3. The molecule has 0 amide bonds. The standard InChI is InChI=1S/C27H42O3/c1-16-8-12-27(29-15-16)17(2)24-23(30-27)14-21-18-13-22(28)20-7-5-6-10-25(20,3)19(18)9-11-26(21,24)4/h16-21,23-24H,5-15H2,1-4H3/t16-,17+,18-,19+,20?,21+,23+,24+,25-,26+,27-/m1/s1. The van der Waals surface area contributed by atoms with E-state index in [9.17, 15) is 4.79 Å². The summed E-state index contributed by atoms with van der Waals surface area (Å²) in [5.74, 6) is 4.38. The molecule has 4 saturated carbocycles. The fourth-order valence-corrected chi connectivity index (χ4v) is 10.1. The van der Waals surface area contributed by atoms with Gasteiger partial charge in [0.15, 0.2) is 5.79 Å². The van der Waals surface area contributed by atoms with Gasteiger partial charge in [0.25, 0.3) is 0 Å². The number of hydrogen-bond donors (Lipinski definition) is 0. The Kier molecular flexibility index (Phi) is 4.42. The van der Waals surface area contributed by atoms with Crippen molar-refractivity contribution in [1.29, 1.82) is 0 Å². The smallest absolute Gasteiger partial charge is 0.171 e. The first-order valence-electron chi connectivity index (χ1n) is 13.1. The average Bonchev–Trinajstić information content (AvgIpc) is 3.15. The lowest BCUT2D eigenvalue weighted by molar-refractivity contribution is -0.273. The van der Waals surface area contributed by atoms with Gasteiger partial charge in [-0.2, -0.15) is 0 Å². The molecule has 1 unspecified atom stereocenters. The van der Waals surface area contributed by atoms with Gasteiger partial charge >= 0.3 is 0 Å². The van der Waals surface area contributed by atoms with E-state index in [1.807, 2.05) is 0 Å². The van der Waals surface area contributed by atoms with Crippen molar-refractivity contribution in [2.45, 2.75) is 104 Å². The van der Waals surface area contributed by atoms with Crippen molar-refractivity contribution < 1.29 is 14.3 Å². The van der Waals surface area contributed by atoms with Gasteiger partial charge in [0.2, 0.25) is 0 Å². The molecule has 2 heterocycles. The maximum Gasteiger partial charge on any atom is 0.171 e. The summed E-state index contributed by atoms with van der Waals surface area (Å²) in [4.78, 5) is 13.3. The number of carbonyl (C=O) groups is 1. The molecule has 1 spiro atoms. The molecule has 0 aromatic carbocycles. The van der Waals surface area contributed by atoms with Crippen LogP contribution in [0.2, 0.25) is 0 Å². The quantitative estimate of drug-likeness (QED) is 0.487. The molecule has 11 atom stereocenters. The fourth-order valence-electron chi connectivity index (χ4n) is 10.1. The Bertz CT molecular complexity index is 724. The molecule has 0 bridgehead atoms. The number of carbonyl (C=O) groups excluding carboxylic acids is 1. The number of ketones is 1. The minimum absolute atomic E-state index is 0.271. The Morgan fingerprint density at radius 2 is 1.77 bits per heavy atom. The van der Waals surface area contributed by atoms with Gasteiger partial charge in [0.1, 0.15) is 5.78 Å². The van der Waals surface area contributed by atoms with E-state index in [0.717, 1.165) is 31.8 Å². The minimum atomic E-state index is -0.324. The second kappa shape index (κ2) is 6.56. The largest absolute Gasteiger partial charge is 0.349 e. The molecule has 3 heteroatoms. The predicted octanol–water partition coefficient (Wildman–Crippen LogP) is 6.00. The third kappa shape index (κ3) is 2.49.